The van der Waals surface area contributed by atoms with E-state index in [1.54, 1.807) is 30.3 Å². The summed E-state index contributed by atoms with van der Waals surface area (Å²) in [6.07, 6.45) is 0. The first-order chi connectivity index (χ1) is 7.70. The van der Waals surface area contributed by atoms with Crippen molar-refractivity contribution in [2.24, 2.45) is 0 Å². The third-order valence-electron chi connectivity index (χ3n) is 2.11. The molecule has 0 aliphatic rings. The van der Waals surface area contributed by atoms with Crippen LogP contribution in [0.5, 0.6) is 5.75 Å². The molecule has 0 radical (unpaired) electrons. The van der Waals surface area contributed by atoms with Gasteiger partial charge in [-0.2, -0.15) is 5.26 Å². The summed E-state index contributed by atoms with van der Waals surface area (Å²) in [5.41, 5.74) is 1.72. The maximum absolute atomic E-state index is 9.33. The van der Waals surface area contributed by atoms with E-state index in [-0.39, 0.29) is 10.9 Å². The Morgan fingerprint density at radius 3 is 2.69 bits per heavy atom. The lowest BCUT2D eigenvalue weighted by Gasteiger charge is -2.02. The second-order valence-electron chi connectivity index (χ2n) is 3.20. The summed E-state index contributed by atoms with van der Waals surface area (Å²) in [5.74, 6) is 0.166. The average molecular weight is 231 g/mol. The molecule has 0 spiro atoms. The van der Waals surface area contributed by atoms with Gasteiger partial charge in [-0.15, -0.1) is 0 Å². The van der Waals surface area contributed by atoms with Gasteiger partial charge in [0, 0.05) is 5.56 Å². The molecular formula is C12H7ClN2O. The van der Waals surface area contributed by atoms with E-state index < -0.39 is 0 Å². The fourth-order valence-corrected chi connectivity index (χ4v) is 1.54. The zero-order valence-corrected chi connectivity index (χ0v) is 8.94. The summed E-state index contributed by atoms with van der Waals surface area (Å²) in [6.45, 7) is 0. The normalized spacial score (nSPS) is 9.75. The minimum absolute atomic E-state index is 0.166. The molecule has 4 heteroatoms. The number of aromatic nitrogens is 1. The number of pyridine rings is 1. The summed E-state index contributed by atoms with van der Waals surface area (Å²) in [7, 11) is 0. The van der Waals surface area contributed by atoms with Gasteiger partial charge in [0.15, 0.2) is 0 Å². The monoisotopic (exact) mass is 230 g/mol. The van der Waals surface area contributed by atoms with Crippen molar-refractivity contribution in [3.05, 3.63) is 47.1 Å². The fraction of sp³-hybridized carbons (Fsp3) is 0. The van der Waals surface area contributed by atoms with Crippen LogP contribution < -0.4 is 0 Å². The topological polar surface area (TPSA) is 56.9 Å². The third kappa shape index (κ3) is 1.97. The molecule has 3 nitrogen and oxygen atoms in total. The first-order valence-corrected chi connectivity index (χ1v) is 4.94. The van der Waals surface area contributed by atoms with Gasteiger partial charge < -0.3 is 5.11 Å². The van der Waals surface area contributed by atoms with Crippen molar-refractivity contribution >= 4 is 11.6 Å². The molecule has 0 saturated heterocycles. The van der Waals surface area contributed by atoms with Crippen LogP contribution in [0, 0.1) is 11.3 Å². The predicted octanol–water partition coefficient (Wildman–Crippen LogP) is 2.98. The summed E-state index contributed by atoms with van der Waals surface area (Å²) in [5, 5.41) is 18.2. The van der Waals surface area contributed by atoms with Crippen LogP contribution in [0.25, 0.3) is 11.3 Å². The highest BCUT2D eigenvalue weighted by Crippen LogP contribution is 2.24. The van der Waals surface area contributed by atoms with Gasteiger partial charge in [0.25, 0.3) is 0 Å². The summed E-state index contributed by atoms with van der Waals surface area (Å²) < 4.78 is 0. The number of hydrogen-bond acceptors (Lipinski definition) is 3. The minimum atomic E-state index is 0.166. The molecule has 0 amide bonds. The first kappa shape index (κ1) is 10.5. The minimum Gasteiger partial charge on any atom is -0.508 e. The number of hydrogen-bond donors (Lipinski definition) is 1. The quantitative estimate of drug-likeness (QED) is 0.767. The Morgan fingerprint density at radius 2 is 2.06 bits per heavy atom. The van der Waals surface area contributed by atoms with Crippen molar-refractivity contribution in [1.29, 1.82) is 5.26 Å². The second kappa shape index (κ2) is 4.21. The lowest BCUT2D eigenvalue weighted by molar-refractivity contribution is 0.475. The number of benzene rings is 1. The Hall–Kier alpha value is -2.05. The van der Waals surface area contributed by atoms with Gasteiger partial charge in [-0.1, -0.05) is 23.7 Å². The highest BCUT2D eigenvalue weighted by molar-refractivity contribution is 6.30. The van der Waals surface area contributed by atoms with Gasteiger partial charge >= 0.3 is 0 Å². The molecule has 1 aromatic carbocycles. The molecule has 1 aromatic heterocycles. The van der Waals surface area contributed by atoms with Gasteiger partial charge in [0.1, 0.15) is 17.0 Å². The third-order valence-corrected chi connectivity index (χ3v) is 2.40. The Kier molecular flexibility index (Phi) is 2.76. The van der Waals surface area contributed by atoms with Gasteiger partial charge in [0.2, 0.25) is 0 Å². The molecule has 16 heavy (non-hydrogen) atoms. The summed E-state index contributed by atoms with van der Waals surface area (Å²) in [6, 6.07) is 11.9. The van der Waals surface area contributed by atoms with Crippen molar-refractivity contribution in [2.45, 2.75) is 0 Å². The zero-order chi connectivity index (χ0) is 11.5. The number of nitrogens with zero attached hydrogens (tertiary/aromatic N) is 2. The van der Waals surface area contributed by atoms with Crippen LogP contribution in [0.4, 0.5) is 0 Å². The van der Waals surface area contributed by atoms with Gasteiger partial charge in [0.05, 0.1) is 11.3 Å². The van der Waals surface area contributed by atoms with Crippen LogP contribution in [-0.4, -0.2) is 10.1 Å². The van der Waals surface area contributed by atoms with E-state index in [2.05, 4.69) is 4.98 Å². The molecule has 0 bridgehead atoms. The molecule has 1 heterocycles. The maximum Gasteiger partial charge on any atom is 0.147 e. The van der Waals surface area contributed by atoms with Gasteiger partial charge in [-0.3, -0.25) is 0 Å². The van der Waals surface area contributed by atoms with E-state index in [0.717, 1.165) is 5.56 Å². The van der Waals surface area contributed by atoms with Crippen molar-refractivity contribution in [3.8, 4) is 23.1 Å². The van der Waals surface area contributed by atoms with Crippen molar-refractivity contribution in [1.82, 2.24) is 4.98 Å². The number of phenols is 1. The zero-order valence-electron chi connectivity index (χ0n) is 8.18. The van der Waals surface area contributed by atoms with Gasteiger partial charge in [-0.25, -0.2) is 4.98 Å². The number of aromatic hydroxyl groups is 1. The van der Waals surface area contributed by atoms with Crippen LogP contribution in [0.3, 0.4) is 0 Å². The SMILES string of the molecule is N#Cc1ccc(-c2cccc(O)c2)nc1Cl. The van der Waals surface area contributed by atoms with Crippen molar-refractivity contribution in [2.75, 3.05) is 0 Å². The highest BCUT2D eigenvalue weighted by atomic mass is 35.5. The standard InChI is InChI=1S/C12H7ClN2O/c13-12-9(7-14)4-5-11(15-12)8-2-1-3-10(16)6-8/h1-6,16H. The lowest BCUT2D eigenvalue weighted by Crippen LogP contribution is -1.87. The summed E-state index contributed by atoms with van der Waals surface area (Å²) in [4.78, 5) is 4.09. The van der Waals surface area contributed by atoms with E-state index in [4.69, 9.17) is 16.9 Å². The Bertz CT molecular complexity index is 575. The fourth-order valence-electron chi connectivity index (χ4n) is 1.34. The molecule has 0 saturated carbocycles. The summed E-state index contributed by atoms with van der Waals surface area (Å²) >= 11 is 5.82. The number of rotatable bonds is 1. The van der Waals surface area contributed by atoms with E-state index in [1.807, 2.05) is 12.1 Å². The molecule has 0 unspecified atom stereocenters. The number of phenolic OH excluding ortho intramolecular Hbond substituents is 1. The molecule has 0 aliphatic carbocycles. The molecule has 2 aromatic rings. The first-order valence-electron chi connectivity index (χ1n) is 4.57. The van der Waals surface area contributed by atoms with E-state index in [1.165, 1.54) is 0 Å². The number of nitriles is 1. The molecule has 2 rings (SSSR count). The molecule has 1 N–H and O–H groups in total. The van der Waals surface area contributed by atoms with Crippen LogP contribution in [0.2, 0.25) is 5.15 Å². The molecular weight excluding hydrogens is 224 g/mol. The molecule has 0 aliphatic heterocycles. The Morgan fingerprint density at radius 1 is 1.25 bits per heavy atom. The van der Waals surface area contributed by atoms with E-state index in [0.29, 0.717) is 11.3 Å². The Labute approximate surface area is 97.6 Å². The molecule has 0 fully saturated rings. The average Bonchev–Trinajstić information content (AvgIpc) is 2.29. The van der Waals surface area contributed by atoms with Crippen LogP contribution in [0.1, 0.15) is 5.56 Å². The van der Waals surface area contributed by atoms with Gasteiger partial charge in [-0.05, 0) is 24.3 Å². The van der Waals surface area contributed by atoms with Crippen LogP contribution in [0.15, 0.2) is 36.4 Å². The van der Waals surface area contributed by atoms with E-state index >= 15 is 0 Å². The second-order valence-corrected chi connectivity index (χ2v) is 3.56. The molecule has 0 atom stereocenters. The molecule has 78 valence electrons. The van der Waals surface area contributed by atoms with Crippen LogP contribution >= 0.6 is 11.6 Å². The lowest BCUT2D eigenvalue weighted by atomic mass is 10.1. The van der Waals surface area contributed by atoms with Crippen molar-refractivity contribution in [3.63, 3.8) is 0 Å². The number of halogens is 1. The highest BCUT2D eigenvalue weighted by Gasteiger charge is 2.05. The smallest absolute Gasteiger partial charge is 0.147 e. The Balaban J connectivity index is 2.50. The predicted molar refractivity (Wildman–Crippen MR) is 61.1 cm³/mol. The maximum atomic E-state index is 9.33. The van der Waals surface area contributed by atoms with Crippen LogP contribution in [-0.2, 0) is 0 Å². The van der Waals surface area contributed by atoms with Crippen molar-refractivity contribution < 1.29 is 5.11 Å². The largest absolute Gasteiger partial charge is 0.508 e. The van der Waals surface area contributed by atoms with E-state index in [9.17, 15) is 5.11 Å².